The van der Waals surface area contributed by atoms with Crippen LogP contribution in [0.3, 0.4) is 0 Å². The fourth-order valence-electron chi connectivity index (χ4n) is 5.10. The first-order valence-electron chi connectivity index (χ1n) is 9.69. The fourth-order valence-corrected chi connectivity index (χ4v) is 5.40. The first-order chi connectivity index (χ1) is 12.5. The maximum absolute atomic E-state index is 12.8. The molecule has 0 aromatic rings. The van der Waals surface area contributed by atoms with Gasteiger partial charge in [-0.05, 0) is 24.7 Å². The lowest BCUT2D eigenvalue weighted by Crippen LogP contribution is -2.65. The van der Waals surface area contributed by atoms with E-state index in [0.29, 0.717) is 31.0 Å². The van der Waals surface area contributed by atoms with Gasteiger partial charge in [-0.1, -0.05) is 6.42 Å². The van der Waals surface area contributed by atoms with Crippen molar-refractivity contribution in [1.82, 2.24) is 31.1 Å². The number of alkyl halides is 1. The molecule has 5 unspecified atom stereocenters. The number of piperazine rings is 1. The summed E-state index contributed by atoms with van der Waals surface area (Å²) in [6.07, 6.45) is 3.70. The summed E-state index contributed by atoms with van der Waals surface area (Å²) in [5, 5.41) is 1.65. The summed E-state index contributed by atoms with van der Waals surface area (Å²) >= 11 is 6.25. The van der Waals surface area contributed by atoms with Gasteiger partial charge in [-0.2, -0.15) is 0 Å². The number of amides is 2. The Kier molecular flexibility index (Phi) is 5.38. The van der Waals surface area contributed by atoms with Crippen LogP contribution in [0.1, 0.15) is 19.3 Å². The number of rotatable bonds is 3. The molecular weight excluding hydrogens is 356 g/mol. The molecule has 26 heavy (non-hydrogen) atoms. The molecule has 146 valence electrons. The summed E-state index contributed by atoms with van der Waals surface area (Å²) in [6.45, 7) is 4.29. The first-order valence-corrected chi connectivity index (χ1v) is 10.1. The van der Waals surface area contributed by atoms with Crippen LogP contribution in [0.2, 0.25) is 0 Å². The molecule has 0 bridgehead atoms. The Morgan fingerprint density at radius 2 is 2.00 bits per heavy atom. The van der Waals surface area contributed by atoms with Crippen molar-refractivity contribution >= 4 is 23.4 Å². The summed E-state index contributed by atoms with van der Waals surface area (Å²) in [7, 11) is 2.13. The lowest BCUT2D eigenvalue weighted by molar-refractivity contribution is -0.140. The van der Waals surface area contributed by atoms with Crippen molar-refractivity contribution in [3.05, 3.63) is 0 Å². The zero-order valence-corrected chi connectivity index (χ0v) is 16.0. The SMILES string of the molecule is CN1NCC2C(CN3CCN(C4CNNC(=O)C4Cl)CC3=O)CCCC21. The molecule has 9 heteroatoms. The van der Waals surface area contributed by atoms with Gasteiger partial charge in [0.25, 0.3) is 5.91 Å². The van der Waals surface area contributed by atoms with Crippen LogP contribution in [0.15, 0.2) is 0 Å². The van der Waals surface area contributed by atoms with Gasteiger partial charge in [-0.3, -0.25) is 25.3 Å². The summed E-state index contributed by atoms with van der Waals surface area (Å²) in [5.74, 6) is 1.15. The Hall–Kier alpha value is -0.930. The van der Waals surface area contributed by atoms with E-state index in [1.54, 1.807) is 0 Å². The van der Waals surface area contributed by atoms with Crippen LogP contribution in [-0.4, -0.2) is 90.4 Å². The van der Waals surface area contributed by atoms with Crippen LogP contribution in [0, 0.1) is 11.8 Å². The third-order valence-corrected chi connectivity index (χ3v) is 7.12. The molecule has 5 atom stereocenters. The van der Waals surface area contributed by atoms with Crippen molar-refractivity contribution in [2.45, 2.75) is 36.7 Å². The molecule has 0 aromatic carbocycles. The molecule has 4 fully saturated rings. The average molecular weight is 385 g/mol. The number of nitrogens with one attached hydrogen (secondary N) is 3. The maximum Gasteiger partial charge on any atom is 0.253 e. The number of hydrogen-bond donors (Lipinski definition) is 3. The Bertz CT molecular complexity index is 563. The van der Waals surface area contributed by atoms with E-state index in [9.17, 15) is 9.59 Å². The van der Waals surface area contributed by atoms with E-state index in [0.717, 1.165) is 26.2 Å². The molecular formula is C17H29ClN6O2. The standard InChI is InChI=1S/C17H29ClN6O2/c1-22-13-4-2-3-11(12(13)7-20-22)9-24-6-5-23(10-15(24)25)14-8-19-21-17(26)16(14)18/h11-14,16,19-20H,2-10H2,1H3,(H,21,26). The molecule has 0 radical (unpaired) electrons. The number of carbonyl (C=O) groups excluding carboxylic acids is 2. The Labute approximate surface area is 159 Å². The minimum Gasteiger partial charge on any atom is -0.340 e. The number of hydrogen-bond acceptors (Lipinski definition) is 6. The zero-order valence-electron chi connectivity index (χ0n) is 15.3. The van der Waals surface area contributed by atoms with Crippen LogP contribution in [0.25, 0.3) is 0 Å². The van der Waals surface area contributed by atoms with Gasteiger partial charge >= 0.3 is 0 Å². The Morgan fingerprint density at radius 1 is 1.15 bits per heavy atom. The lowest BCUT2D eigenvalue weighted by atomic mass is 9.76. The van der Waals surface area contributed by atoms with Crippen LogP contribution in [0.4, 0.5) is 0 Å². The second-order valence-electron chi connectivity index (χ2n) is 8.04. The number of halogens is 1. The third-order valence-electron chi connectivity index (χ3n) is 6.63. The third kappa shape index (κ3) is 3.45. The van der Waals surface area contributed by atoms with Crippen LogP contribution in [0.5, 0.6) is 0 Å². The van der Waals surface area contributed by atoms with E-state index in [2.05, 4.69) is 33.2 Å². The quantitative estimate of drug-likeness (QED) is 0.540. The average Bonchev–Trinajstić information content (AvgIpc) is 3.01. The molecule has 2 amide bonds. The topological polar surface area (TPSA) is 80.0 Å². The predicted octanol–water partition coefficient (Wildman–Crippen LogP) is -1.02. The van der Waals surface area contributed by atoms with E-state index in [-0.39, 0.29) is 17.9 Å². The molecule has 4 rings (SSSR count). The molecule has 0 spiro atoms. The molecule has 3 N–H and O–H groups in total. The van der Waals surface area contributed by atoms with Crippen molar-refractivity contribution in [2.75, 3.05) is 46.3 Å². The Balaban J connectivity index is 1.34. The summed E-state index contributed by atoms with van der Waals surface area (Å²) in [5.41, 5.74) is 8.88. The molecule has 3 aliphatic heterocycles. The fraction of sp³-hybridized carbons (Fsp3) is 0.882. The summed E-state index contributed by atoms with van der Waals surface area (Å²) in [6, 6.07) is 0.470. The number of hydrazine groups is 2. The molecule has 0 aromatic heterocycles. The predicted molar refractivity (Wildman–Crippen MR) is 98.1 cm³/mol. The highest BCUT2D eigenvalue weighted by Gasteiger charge is 2.42. The highest BCUT2D eigenvalue weighted by molar-refractivity contribution is 6.31. The molecule has 3 heterocycles. The van der Waals surface area contributed by atoms with E-state index >= 15 is 0 Å². The number of carbonyl (C=O) groups is 2. The van der Waals surface area contributed by atoms with Crippen molar-refractivity contribution in [1.29, 1.82) is 0 Å². The molecule has 8 nitrogen and oxygen atoms in total. The van der Waals surface area contributed by atoms with Crippen molar-refractivity contribution < 1.29 is 9.59 Å². The second kappa shape index (κ2) is 7.59. The van der Waals surface area contributed by atoms with E-state index in [1.807, 2.05) is 4.90 Å². The first kappa shape index (κ1) is 18.4. The molecule has 1 saturated carbocycles. The van der Waals surface area contributed by atoms with Gasteiger partial charge < -0.3 is 4.90 Å². The van der Waals surface area contributed by atoms with Gasteiger partial charge in [-0.25, -0.2) is 10.4 Å². The van der Waals surface area contributed by atoms with E-state index in [4.69, 9.17) is 11.6 Å². The van der Waals surface area contributed by atoms with Gasteiger partial charge in [0, 0.05) is 51.9 Å². The second-order valence-corrected chi connectivity index (χ2v) is 8.52. The summed E-state index contributed by atoms with van der Waals surface area (Å²) < 4.78 is 0. The minimum absolute atomic E-state index is 0.136. The molecule has 3 saturated heterocycles. The van der Waals surface area contributed by atoms with Crippen molar-refractivity contribution in [3.63, 3.8) is 0 Å². The van der Waals surface area contributed by atoms with E-state index < -0.39 is 5.38 Å². The Morgan fingerprint density at radius 3 is 2.81 bits per heavy atom. The van der Waals surface area contributed by atoms with Gasteiger partial charge in [-0.15, -0.1) is 11.6 Å². The molecule has 1 aliphatic carbocycles. The minimum atomic E-state index is -0.616. The van der Waals surface area contributed by atoms with Crippen molar-refractivity contribution in [2.24, 2.45) is 11.8 Å². The van der Waals surface area contributed by atoms with Gasteiger partial charge in [0.2, 0.25) is 5.91 Å². The highest BCUT2D eigenvalue weighted by atomic mass is 35.5. The highest BCUT2D eigenvalue weighted by Crippen LogP contribution is 2.36. The zero-order chi connectivity index (χ0) is 18.3. The summed E-state index contributed by atoms with van der Waals surface area (Å²) in [4.78, 5) is 28.6. The maximum atomic E-state index is 12.8. The van der Waals surface area contributed by atoms with E-state index in [1.165, 1.54) is 19.3 Å². The monoisotopic (exact) mass is 384 g/mol. The molecule has 4 aliphatic rings. The van der Waals surface area contributed by atoms with Crippen LogP contribution >= 0.6 is 11.6 Å². The number of fused-ring (bicyclic) bond motifs is 1. The smallest absolute Gasteiger partial charge is 0.253 e. The van der Waals surface area contributed by atoms with Crippen molar-refractivity contribution in [3.8, 4) is 0 Å². The largest absolute Gasteiger partial charge is 0.340 e. The lowest BCUT2D eigenvalue weighted by Gasteiger charge is -2.43. The number of nitrogens with zero attached hydrogens (tertiary/aromatic N) is 3. The van der Waals surface area contributed by atoms with Gasteiger partial charge in [0.05, 0.1) is 6.54 Å². The van der Waals surface area contributed by atoms with Crippen LogP contribution < -0.4 is 16.3 Å². The normalized spacial score (nSPS) is 39.8. The van der Waals surface area contributed by atoms with Gasteiger partial charge in [0.15, 0.2) is 0 Å². The van der Waals surface area contributed by atoms with Crippen LogP contribution in [-0.2, 0) is 9.59 Å². The van der Waals surface area contributed by atoms with Gasteiger partial charge in [0.1, 0.15) is 5.38 Å².